The number of hydrogen-bond acceptors (Lipinski definition) is 3. The summed E-state index contributed by atoms with van der Waals surface area (Å²) in [6.07, 6.45) is 4.83. The molecule has 2 rings (SSSR count). The predicted molar refractivity (Wildman–Crippen MR) is 87.8 cm³/mol. The first-order valence-electron chi connectivity index (χ1n) is 8.17. The third-order valence-corrected chi connectivity index (χ3v) is 4.53. The number of benzene rings is 1. The van der Waals surface area contributed by atoms with Crippen LogP contribution in [0.15, 0.2) is 18.2 Å². The van der Waals surface area contributed by atoms with Gasteiger partial charge in [0.25, 0.3) is 0 Å². The van der Waals surface area contributed by atoms with E-state index in [1.165, 1.54) is 30.4 Å². The van der Waals surface area contributed by atoms with Gasteiger partial charge in [-0.3, -0.25) is 0 Å². The van der Waals surface area contributed by atoms with Crippen LogP contribution in [0.5, 0.6) is 0 Å². The number of aliphatic hydroxyl groups is 1. The van der Waals surface area contributed by atoms with Gasteiger partial charge in [-0.25, -0.2) is 0 Å². The molecule has 2 N–H and O–H groups in total. The van der Waals surface area contributed by atoms with Crippen molar-refractivity contribution in [2.45, 2.75) is 58.7 Å². The van der Waals surface area contributed by atoms with E-state index in [1.54, 1.807) is 0 Å². The zero-order valence-corrected chi connectivity index (χ0v) is 13.6. The van der Waals surface area contributed by atoms with Gasteiger partial charge in [0.2, 0.25) is 0 Å². The maximum absolute atomic E-state index is 10.1. The fourth-order valence-electron chi connectivity index (χ4n) is 3.14. The van der Waals surface area contributed by atoms with Crippen molar-refractivity contribution in [2.24, 2.45) is 5.92 Å². The van der Waals surface area contributed by atoms with Crippen molar-refractivity contribution in [1.82, 2.24) is 0 Å². The Morgan fingerprint density at radius 3 is 2.57 bits per heavy atom. The van der Waals surface area contributed by atoms with E-state index in [4.69, 9.17) is 4.74 Å². The summed E-state index contributed by atoms with van der Waals surface area (Å²) in [6.45, 7) is 7.38. The normalized spacial score (nSPS) is 23.8. The SMILES string of the molecule is Cc1cccc(C)c1NCC(O)COC1CCCCC1C. The molecule has 0 heterocycles. The van der Waals surface area contributed by atoms with Gasteiger partial charge >= 0.3 is 0 Å². The Hall–Kier alpha value is -1.06. The van der Waals surface area contributed by atoms with Crippen molar-refractivity contribution >= 4 is 5.69 Å². The number of anilines is 1. The van der Waals surface area contributed by atoms with Gasteiger partial charge in [-0.05, 0) is 43.7 Å². The monoisotopic (exact) mass is 291 g/mol. The lowest BCUT2D eigenvalue weighted by molar-refractivity contribution is -0.0424. The number of para-hydroxylation sites is 1. The van der Waals surface area contributed by atoms with Gasteiger partial charge in [-0.2, -0.15) is 0 Å². The highest BCUT2D eigenvalue weighted by atomic mass is 16.5. The van der Waals surface area contributed by atoms with E-state index in [9.17, 15) is 5.11 Å². The van der Waals surface area contributed by atoms with E-state index in [-0.39, 0.29) is 0 Å². The highest BCUT2D eigenvalue weighted by Crippen LogP contribution is 2.26. The van der Waals surface area contributed by atoms with Crippen molar-refractivity contribution in [2.75, 3.05) is 18.5 Å². The molecule has 21 heavy (non-hydrogen) atoms. The third-order valence-electron chi connectivity index (χ3n) is 4.53. The molecule has 0 bridgehead atoms. The van der Waals surface area contributed by atoms with Crippen LogP contribution in [0.4, 0.5) is 5.69 Å². The molecule has 0 amide bonds. The summed E-state index contributed by atoms with van der Waals surface area (Å²) in [5.41, 5.74) is 3.55. The molecule has 0 saturated heterocycles. The Labute approximate surface area is 128 Å². The van der Waals surface area contributed by atoms with Gasteiger partial charge in [0, 0.05) is 12.2 Å². The number of ether oxygens (including phenoxy) is 1. The lowest BCUT2D eigenvalue weighted by atomic mass is 9.88. The summed E-state index contributed by atoms with van der Waals surface area (Å²) in [6, 6.07) is 6.23. The van der Waals surface area contributed by atoms with Crippen molar-refractivity contribution < 1.29 is 9.84 Å². The van der Waals surface area contributed by atoms with Crippen LogP contribution < -0.4 is 5.32 Å². The van der Waals surface area contributed by atoms with Crippen LogP contribution in [0, 0.1) is 19.8 Å². The summed E-state index contributed by atoms with van der Waals surface area (Å²) < 4.78 is 5.92. The standard InChI is InChI=1S/C18H29NO2/c1-13-7-4-5-10-17(13)21-12-16(20)11-19-18-14(2)8-6-9-15(18)3/h6,8-9,13,16-17,19-20H,4-5,7,10-12H2,1-3H3. The first-order valence-corrected chi connectivity index (χ1v) is 8.17. The molecule has 1 aliphatic carbocycles. The Morgan fingerprint density at radius 1 is 1.24 bits per heavy atom. The van der Waals surface area contributed by atoms with Gasteiger partial charge in [0.15, 0.2) is 0 Å². The Morgan fingerprint density at radius 2 is 1.90 bits per heavy atom. The summed E-state index contributed by atoms with van der Waals surface area (Å²) in [5.74, 6) is 0.623. The molecule has 1 aliphatic rings. The number of aliphatic hydroxyl groups excluding tert-OH is 1. The molecule has 1 aromatic carbocycles. The van der Waals surface area contributed by atoms with Gasteiger partial charge in [0.1, 0.15) is 0 Å². The quantitative estimate of drug-likeness (QED) is 0.840. The van der Waals surface area contributed by atoms with E-state index in [1.807, 2.05) is 0 Å². The highest BCUT2D eigenvalue weighted by molar-refractivity contribution is 5.56. The largest absolute Gasteiger partial charge is 0.389 e. The first kappa shape index (κ1) is 16.3. The second-order valence-electron chi connectivity index (χ2n) is 6.44. The molecule has 1 fully saturated rings. The minimum Gasteiger partial charge on any atom is -0.389 e. The molecule has 3 heteroatoms. The molecular formula is C18H29NO2. The molecule has 1 saturated carbocycles. The molecule has 0 aromatic heterocycles. The Kier molecular flexibility index (Phi) is 6.07. The van der Waals surface area contributed by atoms with Crippen LogP contribution in [-0.4, -0.2) is 30.5 Å². The highest BCUT2D eigenvalue weighted by Gasteiger charge is 2.22. The van der Waals surface area contributed by atoms with E-state index in [2.05, 4.69) is 44.3 Å². The second kappa shape index (κ2) is 7.81. The van der Waals surface area contributed by atoms with Crippen LogP contribution in [0.25, 0.3) is 0 Å². The second-order valence-corrected chi connectivity index (χ2v) is 6.44. The van der Waals surface area contributed by atoms with Crippen molar-refractivity contribution in [3.63, 3.8) is 0 Å². The summed E-state index contributed by atoms with van der Waals surface area (Å²) >= 11 is 0. The maximum atomic E-state index is 10.1. The van der Waals surface area contributed by atoms with Gasteiger partial charge < -0.3 is 15.2 Å². The molecule has 0 aliphatic heterocycles. The fourth-order valence-corrected chi connectivity index (χ4v) is 3.14. The average molecular weight is 291 g/mol. The van der Waals surface area contributed by atoms with Crippen molar-refractivity contribution in [3.8, 4) is 0 Å². The summed E-state index contributed by atoms with van der Waals surface area (Å²) in [5, 5.41) is 13.5. The Balaban J connectivity index is 1.76. The number of aryl methyl sites for hydroxylation is 2. The van der Waals surface area contributed by atoms with Crippen LogP contribution in [0.2, 0.25) is 0 Å². The average Bonchev–Trinajstić information content (AvgIpc) is 2.46. The zero-order valence-electron chi connectivity index (χ0n) is 13.6. The van der Waals surface area contributed by atoms with E-state index < -0.39 is 6.10 Å². The number of hydrogen-bond donors (Lipinski definition) is 2. The third kappa shape index (κ3) is 4.72. The molecular weight excluding hydrogens is 262 g/mol. The molecule has 3 atom stereocenters. The van der Waals surface area contributed by atoms with Crippen LogP contribution in [0.1, 0.15) is 43.7 Å². The number of rotatable bonds is 6. The molecule has 3 nitrogen and oxygen atoms in total. The van der Waals surface area contributed by atoms with Crippen LogP contribution >= 0.6 is 0 Å². The maximum Gasteiger partial charge on any atom is 0.0945 e. The lowest BCUT2D eigenvalue weighted by Gasteiger charge is -2.29. The minimum atomic E-state index is -0.460. The summed E-state index contributed by atoms with van der Waals surface area (Å²) in [4.78, 5) is 0. The minimum absolute atomic E-state index is 0.327. The molecule has 1 aromatic rings. The smallest absolute Gasteiger partial charge is 0.0945 e. The van der Waals surface area contributed by atoms with Crippen LogP contribution in [0.3, 0.4) is 0 Å². The summed E-state index contributed by atoms with van der Waals surface area (Å²) in [7, 11) is 0. The van der Waals surface area contributed by atoms with Gasteiger partial charge in [-0.15, -0.1) is 0 Å². The van der Waals surface area contributed by atoms with E-state index >= 15 is 0 Å². The fraction of sp³-hybridized carbons (Fsp3) is 0.667. The van der Waals surface area contributed by atoms with Gasteiger partial charge in [0.05, 0.1) is 18.8 Å². The van der Waals surface area contributed by atoms with Crippen LogP contribution in [-0.2, 0) is 4.74 Å². The van der Waals surface area contributed by atoms with Gasteiger partial charge in [-0.1, -0.05) is 38.0 Å². The topological polar surface area (TPSA) is 41.5 Å². The number of nitrogens with one attached hydrogen (secondary N) is 1. The molecule has 0 spiro atoms. The van der Waals surface area contributed by atoms with E-state index in [0.717, 1.165) is 12.1 Å². The Bertz CT molecular complexity index is 427. The first-order chi connectivity index (χ1) is 10.1. The molecule has 0 radical (unpaired) electrons. The molecule has 3 unspecified atom stereocenters. The van der Waals surface area contributed by atoms with E-state index in [0.29, 0.717) is 25.2 Å². The predicted octanol–water partition coefficient (Wildman–Crippen LogP) is 3.67. The zero-order chi connectivity index (χ0) is 15.2. The van der Waals surface area contributed by atoms with Crippen molar-refractivity contribution in [1.29, 1.82) is 0 Å². The van der Waals surface area contributed by atoms with Crippen molar-refractivity contribution in [3.05, 3.63) is 29.3 Å². The lowest BCUT2D eigenvalue weighted by Crippen LogP contribution is -2.32. The molecule has 118 valence electrons.